The van der Waals surface area contributed by atoms with Crippen LogP contribution in [0.4, 0.5) is 0 Å². The molecule has 164 valence electrons. The Labute approximate surface area is 188 Å². The maximum Gasteiger partial charge on any atom is 0.275 e. The molecule has 32 heavy (non-hydrogen) atoms. The second kappa shape index (κ2) is 9.19. The van der Waals surface area contributed by atoms with E-state index in [1.54, 1.807) is 20.1 Å². The maximum atomic E-state index is 12.5. The molecule has 0 bridgehead atoms. The summed E-state index contributed by atoms with van der Waals surface area (Å²) >= 11 is 1.30. The van der Waals surface area contributed by atoms with E-state index in [1.165, 1.54) is 21.9 Å². The Bertz CT molecular complexity index is 1310. The monoisotopic (exact) mass is 450 g/mol. The molecule has 0 radical (unpaired) electrons. The first kappa shape index (κ1) is 21.5. The van der Waals surface area contributed by atoms with Gasteiger partial charge in [-0.05, 0) is 55.8 Å². The third-order valence-electron chi connectivity index (χ3n) is 4.75. The second-order valence-electron chi connectivity index (χ2n) is 7.21. The lowest BCUT2D eigenvalue weighted by atomic mass is 10.2. The number of carbonyl (C=O) groups excluding carboxylic acids is 1. The number of nitrogens with one attached hydrogen (secondary N) is 1. The number of fused-ring (bicyclic) bond motifs is 1. The topological polar surface area (TPSA) is 94.8 Å². The molecule has 0 saturated carbocycles. The predicted octanol–water partition coefficient (Wildman–Crippen LogP) is 3.22. The summed E-state index contributed by atoms with van der Waals surface area (Å²) in [5.41, 5.74) is 2.06. The minimum Gasteiger partial charge on any atom is -0.497 e. The van der Waals surface area contributed by atoms with Crippen LogP contribution in [0, 0.1) is 6.92 Å². The lowest BCUT2D eigenvalue weighted by Crippen LogP contribution is -2.36. The first-order chi connectivity index (χ1) is 15.4. The lowest BCUT2D eigenvalue weighted by molar-refractivity contribution is -0.127. The summed E-state index contributed by atoms with van der Waals surface area (Å²) in [6.07, 6.45) is -0.688. The summed E-state index contributed by atoms with van der Waals surface area (Å²) in [5.74, 6) is 1.07. The van der Waals surface area contributed by atoms with E-state index in [2.05, 4.69) is 15.4 Å². The quantitative estimate of drug-likeness (QED) is 0.465. The van der Waals surface area contributed by atoms with E-state index in [0.29, 0.717) is 21.4 Å². The van der Waals surface area contributed by atoms with Crippen molar-refractivity contribution in [3.8, 4) is 22.1 Å². The minimum absolute atomic E-state index is 0.113. The molecule has 1 N–H and O–H groups in total. The summed E-state index contributed by atoms with van der Waals surface area (Å²) in [7, 11) is 1.60. The Balaban J connectivity index is 1.46. The highest BCUT2D eigenvalue weighted by atomic mass is 32.1. The molecule has 0 unspecified atom stereocenters. The maximum absolute atomic E-state index is 12.5. The van der Waals surface area contributed by atoms with Crippen molar-refractivity contribution in [1.29, 1.82) is 0 Å². The van der Waals surface area contributed by atoms with Crippen LogP contribution in [0.5, 0.6) is 11.5 Å². The smallest absolute Gasteiger partial charge is 0.275 e. The van der Waals surface area contributed by atoms with E-state index in [0.717, 1.165) is 16.9 Å². The number of rotatable bonds is 7. The van der Waals surface area contributed by atoms with Crippen LogP contribution in [-0.4, -0.2) is 33.7 Å². The molecule has 8 nitrogen and oxygen atoms in total. The molecule has 0 spiro atoms. The van der Waals surface area contributed by atoms with Crippen LogP contribution in [0.2, 0.25) is 0 Å². The number of nitrogens with zero attached hydrogens (tertiary/aromatic N) is 3. The van der Waals surface area contributed by atoms with Gasteiger partial charge in [-0.2, -0.15) is 9.61 Å². The first-order valence-electron chi connectivity index (χ1n) is 9.98. The number of hydrogen-bond acceptors (Lipinski definition) is 7. The van der Waals surface area contributed by atoms with Crippen molar-refractivity contribution in [3.63, 3.8) is 0 Å². The van der Waals surface area contributed by atoms with E-state index in [4.69, 9.17) is 9.47 Å². The van der Waals surface area contributed by atoms with Gasteiger partial charge in [0.05, 0.1) is 19.3 Å². The fourth-order valence-corrected chi connectivity index (χ4v) is 3.99. The van der Waals surface area contributed by atoms with Crippen molar-refractivity contribution in [2.75, 3.05) is 7.11 Å². The fraction of sp³-hybridized carbons (Fsp3) is 0.217. The number of aryl methyl sites for hydroxylation is 1. The number of hydrogen-bond donors (Lipinski definition) is 1. The average molecular weight is 451 g/mol. The molecule has 0 aliphatic carbocycles. The zero-order valence-corrected chi connectivity index (χ0v) is 18.7. The largest absolute Gasteiger partial charge is 0.497 e. The Hall–Kier alpha value is -3.72. The third-order valence-corrected chi connectivity index (χ3v) is 5.71. The van der Waals surface area contributed by atoms with Crippen molar-refractivity contribution in [3.05, 3.63) is 76.2 Å². The molecule has 2 aromatic carbocycles. The fourth-order valence-electron chi connectivity index (χ4n) is 3.06. The van der Waals surface area contributed by atoms with Gasteiger partial charge in [-0.1, -0.05) is 23.5 Å². The van der Waals surface area contributed by atoms with E-state index in [-0.39, 0.29) is 18.0 Å². The van der Waals surface area contributed by atoms with Gasteiger partial charge in [0, 0.05) is 11.6 Å². The van der Waals surface area contributed by atoms with Gasteiger partial charge in [0.1, 0.15) is 16.5 Å². The van der Waals surface area contributed by atoms with Crippen molar-refractivity contribution < 1.29 is 14.3 Å². The number of methoxy groups -OCH3 is 1. The van der Waals surface area contributed by atoms with Crippen LogP contribution < -0.4 is 20.3 Å². The molecular formula is C23H22N4O4S. The number of aromatic nitrogens is 3. The summed E-state index contributed by atoms with van der Waals surface area (Å²) in [6.45, 7) is 3.74. The Morgan fingerprint density at radius 1 is 1.16 bits per heavy atom. The van der Waals surface area contributed by atoms with Gasteiger partial charge in [0.15, 0.2) is 6.10 Å². The summed E-state index contributed by atoms with van der Waals surface area (Å²) in [5, 5.41) is 7.81. The van der Waals surface area contributed by atoms with Crippen molar-refractivity contribution >= 4 is 22.2 Å². The molecule has 4 aromatic rings. The molecule has 2 aromatic heterocycles. The molecule has 0 aliphatic heterocycles. The standard InChI is InChI=1S/C23H22N4O4S/c1-14-5-4-6-19(11-14)31-15(2)21(29)24-13-17-12-20(28)27-23(25-17)32-22(26-27)16-7-9-18(30-3)10-8-16/h4-12,15H,13H2,1-3H3,(H,24,29)/t15-/m0/s1. The Morgan fingerprint density at radius 2 is 1.94 bits per heavy atom. The number of ether oxygens (including phenoxy) is 2. The van der Waals surface area contributed by atoms with E-state index >= 15 is 0 Å². The van der Waals surface area contributed by atoms with Gasteiger partial charge in [0.25, 0.3) is 11.5 Å². The van der Waals surface area contributed by atoms with Crippen LogP contribution in [-0.2, 0) is 11.3 Å². The molecular weight excluding hydrogens is 428 g/mol. The first-order valence-corrected chi connectivity index (χ1v) is 10.8. The highest BCUT2D eigenvalue weighted by molar-refractivity contribution is 7.19. The Kier molecular flexibility index (Phi) is 6.18. The molecule has 4 rings (SSSR count). The lowest BCUT2D eigenvalue weighted by Gasteiger charge is -2.14. The highest BCUT2D eigenvalue weighted by Gasteiger charge is 2.16. The summed E-state index contributed by atoms with van der Waals surface area (Å²) in [4.78, 5) is 29.9. The molecule has 2 heterocycles. The minimum atomic E-state index is -0.688. The Morgan fingerprint density at radius 3 is 2.66 bits per heavy atom. The van der Waals surface area contributed by atoms with Crippen molar-refractivity contribution in [2.45, 2.75) is 26.5 Å². The van der Waals surface area contributed by atoms with Crippen LogP contribution in [0.3, 0.4) is 0 Å². The molecule has 0 saturated heterocycles. The van der Waals surface area contributed by atoms with Gasteiger partial charge < -0.3 is 14.8 Å². The molecule has 1 amide bonds. The van der Waals surface area contributed by atoms with E-state index in [9.17, 15) is 9.59 Å². The van der Waals surface area contributed by atoms with Crippen LogP contribution in [0.15, 0.2) is 59.4 Å². The van der Waals surface area contributed by atoms with Crippen LogP contribution >= 0.6 is 11.3 Å². The van der Waals surface area contributed by atoms with Gasteiger partial charge >= 0.3 is 0 Å². The zero-order chi connectivity index (χ0) is 22.7. The molecule has 9 heteroatoms. The van der Waals surface area contributed by atoms with Gasteiger partial charge in [-0.15, -0.1) is 0 Å². The average Bonchev–Trinajstić information content (AvgIpc) is 3.22. The predicted molar refractivity (Wildman–Crippen MR) is 122 cm³/mol. The van der Waals surface area contributed by atoms with Gasteiger partial charge in [-0.3, -0.25) is 9.59 Å². The van der Waals surface area contributed by atoms with E-state index < -0.39 is 6.10 Å². The van der Waals surface area contributed by atoms with Gasteiger partial charge in [0.2, 0.25) is 4.96 Å². The SMILES string of the molecule is COc1ccc(-c2nn3c(=O)cc(CNC(=O)[C@H](C)Oc4cccc(C)c4)nc3s2)cc1. The second-order valence-corrected chi connectivity index (χ2v) is 8.17. The highest BCUT2D eigenvalue weighted by Crippen LogP contribution is 2.26. The zero-order valence-electron chi connectivity index (χ0n) is 17.9. The number of carbonyl (C=O) groups is 1. The van der Waals surface area contributed by atoms with Crippen LogP contribution in [0.25, 0.3) is 15.5 Å². The molecule has 1 atom stereocenters. The summed E-state index contributed by atoms with van der Waals surface area (Å²) < 4.78 is 12.1. The summed E-state index contributed by atoms with van der Waals surface area (Å²) in [6, 6.07) is 16.3. The van der Waals surface area contributed by atoms with E-state index in [1.807, 2.05) is 49.4 Å². The number of benzene rings is 2. The van der Waals surface area contributed by atoms with Crippen molar-refractivity contribution in [2.24, 2.45) is 0 Å². The molecule has 0 fully saturated rings. The third kappa shape index (κ3) is 4.78. The van der Waals surface area contributed by atoms with Gasteiger partial charge in [-0.25, -0.2) is 4.98 Å². The van der Waals surface area contributed by atoms with Crippen LogP contribution in [0.1, 0.15) is 18.2 Å². The normalized spacial score (nSPS) is 11.8. The number of amides is 1. The molecule has 0 aliphatic rings. The van der Waals surface area contributed by atoms with Crippen molar-refractivity contribution in [1.82, 2.24) is 19.9 Å².